The van der Waals surface area contributed by atoms with Crippen LogP contribution in [0.25, 0.3) is 0 Å². The van der Waals surface area contributed by atoms with Crippen molar-refractivity contribution in [3.05, 3.63) is 33.8 Å². The van der Waals surface area contributed by atoms with E-state index in [0.29, 0.717) is 10.0 Å². The third kappa shape index (κ3) is 3.38. The molecule has 0 unspecified atom stereocenters. The van der Waals surface area contributed by atoms with Crippen LogP contribution in [0.15, 0.2) is 18.2 Å². The Morgan fingerprint density at radius 1 is 1.12 bits per heavy atom. The molecular formula is C13H17Cl2N. The van der Waals surface area contributed by atoms with Gasteiger partial charge >= 0.3 is 0 Å². The molecule has 1 aromatic carbocycles. The molecule has 0 radical (unpaired) electrons. The zero-order valence-electron chi connectivity index (χ0n) is 9.31. The van der Waals surface area contributed by atoms with Crippen LogP contribution in [0.5, 0.6) is 0 Å². The highest BCUT2D eigenvalue weighted by atomic mass is 35.5. The summed E-state index contributed by atoms with van der Waals surface area (Å²) in [7, 11) is 0. The summed E-state index contributed by atoms with van der Waals surface area (Å²) in [6.07, 6.45) is 6.45. The number of benzene rings is 1. The lowest BCUT2D eigenvalue weighted by molar-refractivity contribution is 0.528. The van der Waals surface area contributed by atoms with Crippen LogP contribution in [0.2, 0.25) is 10.0 Å². The molecule has 1 aromatic rings. The first-order valence-electron chi connectivity index (χ1n) is 5.93. The van der Waals surface area contributed by atoms with Crippen molar-refractivity contribution in [1.82, 2.24) is 5.32 Å². The maximum Gasteiger partial charge on any atom is 0.0595 e. The predicted octanol–water partition coefficient (Wildman–Crippen LogP) is 4.07. The molecular weight excluding hydrogens is 241 g/mol. The van der Waals surface area contributed by atoms with Gasteiger partial charge in [-0.25, -0.2) is 0 Å². The summed E-state index contributed by atoms with van der Waals surface area (Å²) < 4.78 is 0. The molecule has 0 aliphatic heterocycles. The quantitative estimate of drug-likeness (QED) is 0.858. The van der Waals surface area contributed by atoms with Crippen molar-refractivity contribution >= 4 is 23.2 Å². The van der Waals surface area contributed by atoms with Crippen LogP contribution < -0.4 is 5.32 Å². The number of hydrogen-bond acceptors (Lipinski definition) is 1. The second-order valence-electron chi connectivity index (χ2n) is 4.43. The summed E-state index contributed by atoms with van der Waals surface area (Å²) in [5.41, 5.74) is 1.25. The fourth-order valence-corrected chi connectivity index (χ4v) is 2.57. The van der Waals surface area contributed by atoms with Gasteiger partial charge in [-0.2, -0.15) is 0 Å². The van der Waals surface area contributed by atoms with Crippen LogP contribution in [0.3, 0.4) is 0 Å². The molecule has 1 aliphatic carbocycles. The maximum atomic E-state index is 5.97. The second kappa shape index (κ2) is 5.90. The van der Waals surface area contributed by atoms with E-state index in [4.69, 9.17) is 23.2 Å². The molecule has 0 heterocycles. The van der Waals surface area contributed by atoms with Crippen LogP contribution in [-0.4, -0.2) is 12.6 Å². The number of nitrogens with one attached hydrogen (secondary N) is 1. The summed E-state index contributed by atoms with van der Waals surface area (Å²) in [6, 6.07) is 6.61. The topological polar surface area (TPSA) is 12.0 Å². The number of hydrogen-bond donors (Lipinski definition) is 1. The van der Waals surface area contributed by atoms with Gasteiger partial charge < -0.3 is 5.32 Å². The summed E-state index contributed by atoms with van der Waals surface area (Å²) in [5, 5.41) is 4.87. The third-order valence-corrected chi connectivity index (χ3v) is 3.92. The first-order valence-corrected chi connectivity index (χ1v) is 6.68. The molecule has 16 heavy (non-hydrogen) atoms. The number of halogens is 2. The van der Waals surface area contributed by atoms with E-state index in [2.05, 4.69) is 5.32 Å². The fourth-order valence-electron chi connectivity index (χ4n) is 2.25. The molecule has 2 rings (SSSR count). The average Bonchev–Trinajstić information content (AvgIpc) is 2.76. The summed E-state index contributed by atoms with van der Waals surface area (Å²) >= 11 is 11.8. The van der Waals surface area contributed by atoms with E-state index in [9.17, 15) is 0 Å². The van der Waals surface area contributed by atoms with Crippen molar-refractivity contribution in [1.29, 1.82) is 0 Å². The van der Waals surface area contributed by atoms with Gasteiger partial charge in [-0.3, -0.25) is 0 Å². The van der Waals surface area contributed by atoms with Crippen LogP contribution in [0, 0.1) is 0 Å². The highest BCUT2D eigenvalue weighted by Crippen LogP contribution is 2.23. The minimum Gasteiger partial charge on any atom is -0.314 e. The molecule has 0 saturated heterocycles. The predicted molar refractivity (Wildman–Crippen MR) is 70.4 cm³/mol. The van der Waals surface area contributed by atoms with E-state index in [0.717, 1.165) is 19.0 Å². The first kappa shape index (κ1) is 12.2. The Bertz CT molecular complexity index is 346. The van der Waals surface area contributed by atoms with Crippen molar-refractivity contribution in [2.45, 2.75) is 38.1 Å². The highest BCUT2D eigenvalue weighted by molar-refractivity contribution is 6.42. The molecule has 88 valence electrons. The number of rotatable bonds is 4. The Morgan fingerprint density at radius 3 is 2.56 bits per heavy atom. The molecule has 3 heteroatoms. The van der Waals surface area contributed by atoms with Gasteiger partial charge in [-0.15, -0.1) is 0 Å². The zero-order chi connectivity index (χ0) is 11.4. The molecule has 1 aliphatic rings. The largest absolute Gasteiger partial charge is 0.314 e. The van der Waals surface area contributed by atoms with Gasteiger partial charge in [0.2, 0.25) is 0 Å². The second-order valence-corrected chi connectivity index (χ2v) is 5.25. The van der Waals surface area contributed by atoms with E-state index in [1.165, 1.54) is 31.2 Å². The van der Waals surface area contributed by atoms with Crippen LogP contribution >= 0.6 is 23.2 Å². The highest BCUT2D eigenvalue weighted by Gasteiger charge is 2.13. The standard InChI is InChI=1S/C13H17Cl2N/c14-12-6-5-10(9-13(12)15)7-8-16-11-3-1-2-4-11/h5-6,9,11,16H,1-4,7-8H2. The normalized spacial score (nSPS) is 16.9. The van der Waals surface area contributed by atoms with Gasteiger partial charge in [0.1, 0.15) is 0 Å². The molecule has 1 saturated carbocycles. The fraction of sp³-hybridized carbons (Fsp3) is 0.538. The van der Waals surface area contributed by atoms with Gasteiger partial charge in [0.05, 0.1) is 10.0 Å². The summed E-state index contributed by atoms with van der Waals surface area (Å²) in [5.74, 6) is 0. The summed E-state index contributed by atoms with van der Waals surface area (Å²) in [6.45, 7) is 1.03. The van der Waals surface area contributed by atoms with E-state index < -0.39 is 0 Å². The van der Waals surface area contributed by atoms with Crippen molar-refractivity contribution in [2.24, 2.45) is 0 Å². The molecule has 1 N–H and O–H groups in total. The molecule has 0 aromatic heterocycles. The van der Waals surface area contributed by atoms with Crippen molar-refractivity contribution in [3.8, 4) is 0 Å². The van der Waals surface area contributed by atoms with Crippen LogP contribution in [0.4, 0.5) is 0 Å². The zero-order valence-corrected chi connectivity index (χ0v) is 10.8. The Kier molecular flexibility index (Phi) is 4.51. The Labute approximate surface area is 107 Å². The Hall–Kier alpha value is -0.240. The van der Waals surface area contributed by atoms with Gasteiger partial charge in [0, 0.05) is 6.04 Å². The first-order chi connectivity index (χ1) is 7.75. The van der Waals surface area contributed by atoms with Gasteiger partial charge in [-0.1, -0.05) is 42.1 Å². The minimum absolute atomic E-state index is 0.633. The van der Waals surface area contributed by atoms with Gasteiger partial charge in [0.15, 0.2) is 0 Å². The molecule has 0 bridgehead atoms. The van der Waals surface area contributed by atoms with E-state index in [1.807, 2.05) is 18.2 Å². The lowest BCUT2D eigenvalue weighted by Crippen LogP contribution is -2.27. The molecule has 0 amide bonds. The van der Waals surface area contributed by atoms with E-state index in [-0.39, 0.29) is 0 Å². The van der Waals surface area contributed by atoms with Crippen LogP contribution in [0.1, 0.15) is 31.2 Å². The Morgan fingerprint density at radius 2 is 1.88 bits per heavy atom. The monoisotopic (exact) mass is 257 g/mol. The van der Waals surface area contributed by atoms with Gasteiger partial charge in [0.25, 0.3) is 0 Å². The van der Waals surface area contributed by atoms with Crippen molar-refractivity contribution in [3.63, 3.8) is 0 Å². The van der Waals surface area contributed by atoms with Crippen molar-refractivity contribution < 1.29 is 0 Å². The molecule has 0 atom stereocenters. The smallest absolute Gasteiger partial charge is 0.0595 e. The minimum atomic E-state index is 0.633. The SMILES string of the molecule is Clc1ccc(CCNC2CCCC2)cc1Cl. The Balaban J connectivity index is 1.78. The van der Waals surface area contributed by atoms with E-state index in [1.54, 1.807) is 0 Å². The lowest BCUT2D eigenvalue weighted by Gasteiger charge is -2.11. The average molecular weight is 258 g/mol. The van der Waals surface area contributed by atoms with Crippen LogP contribution in [-0.2, 0) is 6.42 Å². The third-order valence-electron chi connectivity index (χ3n) is 3.19. The van der Waals surface area contributed by atoms with Gasteiger partial charge in [-0.05, 0) is 43.5 Å². The molecule has 1 fully saturated rings. The lowest BCUT2D eigenvalue weighted by atomic mass is 10.1. The molecule has 0 spiro atoms. The summed E-state index contributed by atoms with van der Waals surface area (Å²) in [4.78, 5) is 0. The molecule has 1 nitrogen and oxygen atoms in total. The van der Waals surface area contributed by atoms with Crippen molar-refractivity contribution in [2.75, 3.05) is 6.54 Å². The van der Waals surface area contributed by atoms with E-state index >= 15 is 0 Å². The maximum absolute atomic E-state index is 5.97.